The largest absolute Gasteiger partial charge is 0.391 e. The van der Waals surface area contributed by atoms with Crippen LogP contribution in [0, 0.1) is 5.82 Å². The average molecular weight is 286 g/mol. The lowest BCUT2D eigenvalue weighted by Crippen LogP contribution is -2.46. The second kappa shape index (κ2) is 5.88. The number of benzene rings is 1. The molecule has 1 aromatic carbocycles. The van der Waals surface area contributed by atoms with Crippen molar-refractivity contribution in [1.82, 2.24) is 4.90 Å². The van der Waals surface area contributed by atoms with Gasteiger partial charge in [0, 0.05) is 12.1 Å². The lowest BCUT2D eigenvalue weighted by Gasteiger charge is -2.35. The summed E-state index contributed by atoms with van der Waals surface area (Å²) in [6.45, 7) is 0. The van der Waals surface area contributed by atoms with Gasteiger partial charge >= 0.3 is 0 Å². The van der Waals surface area contributed by atoms with Gasteiger partial charge in [0.25, 0.3) is 5.91 Å². The fourth-order valence-corrected chi connectivity index (χ4v) is 2.71. The van der Waals surface area contributed by atoms with Gasteiger partial charge in [-0.25, -0.2) is 4.39 Å². The van der Waals surface area contributed by atoms with Gasteiger partial charge in [-0.05, 0) is 31.0 Å². The Hall–Kier alpha value is -1.13. The second-order valence-electron chi connectivity index (χ2n) is 4.96. The SMILES string of the molecule is CN(C(=O)c1ccc(Cl)cc1F)C1CCCCC1O. The van der Waals surface area contributed by atoms with Crippen molar-refractivity contribution in [3.8, 4) is 0 Å². The minimum Gasteiger partial charge on any atom is -0.391 e. The van der Waals surface area contributed by atoms with Crippen LogP contribution in [0.4, 0.5) is 4.39 Å². The van der Waals surface area contributed by atoms with Crippen LogP contribution < -0.4 is 0 Å². The average Bonchev–Trinajstić information content (AvgIpc) is 2.38. The lowest BCUT2D eigenvalue weighted by atomic mass is 9.91. The summed E-state index contributed by atoms with van der Waals surface area (Å²) in [4.78, 5) is 13.7. The Morgan fingerprint density at radius 3 is 2.74 bits per heavy atom. The molecule has 0 bridgehead atoms. The molecule has 1 aliphatic rings. The Morgan fingerprint density at radius 2 is 2.11 bits per heavy atom. The molecule has 1 amide bonds. The van der Waals surface area contributed by atoms with E-state index in [1.807, 2.05) is 0 Å². The van der Waals surface area contributed by atoms with Crippen molar-refractivity contribution >= 4 is 17.5 Å². The predicted octanol–water partition coefficient (Wildman–Crippen LogP) is 2.85. The summed E-state index contributed by atoms with van der Waals surface area (Å²) in [5.41, 5.74) is -0.00956. The molecule has 0 heterocycles. The zero-order valence-corrected chi connectivity index (χ0v) is 11.5. The predicted molar refractivity (Wildman–Crippen MR) is 71.8 cm³/mol. The van der Waals surface area contributed by atoms with E-state index in [-0.39, 0.29) is 16.6 Å². The number of carbonyl (C=O) groups excluding carboxylic acids is 1. The molecule has 1 N–H and O–H groups in total. The highest BCUT2D eigenvalue weighted by atomic mass is 35.5. The van der Waals surface area contributed by atoms with Crippen molar-refractivity contribution in [3.05, 3.63) is 34.6 Å². The molecule has 1 aliphatic carbocycles. The summed E-state index contributed by atoms with van der Waals surface area (Å²) < 4.78 is 13.7. The smallest absolute Gasteiger partial charge is 0.256 e. The van der Waals surface area contributed by atoms with Crippen molar-refractivity contribution in [2.24, 2.45) is 0 Å². The van der Waals surface area contributed by atoms with Gasteiger partial charge in [0.2, 0.25) is 0 Å². The maximum Gasteiger partial charge on any atom is 0.256 e. The summed E-state index contributed by atoms with van der Waals surface area (Å²) in [7, 11) is 1.61. The van der Waals surface area contributed by atoms with Gasteiger partial charge in [-0.2, -0.15) is 0 Å². The van der Waals surface area contributed by atoms with E-state index in [1.54, 1.807) is 7.05 Å². The normalized spacial score (nSPS) is 23.2. The van der Waals surface area contributed by atoms with E-state index in [1.165, 1.54) is 17.0 Å². The zero-order chi connectivity index (χ0) is 14.0. The highest BCUT2D eigenvalue weighted by molar-refractivity contribution is 6.30. The standard InChI is InChI=1S/C14H17ClFNO2/c1-17(12-4-2-3-5-13(12)18)14(19)10-7-6-9(15)8-11(10)16/h6-8,12-13,18H,2-5H2,1H3. The van der Waals surface area contributed by atoms with Crippen LogP contribution in [0.1, 0.15) is 36.0 Å². The van der Waals surface area contributed by atoms with Crippen molar-refractivity contribution in [3.63, 3.8) is 0 Å². The second-order valence-corrected chi connectivity index (χ2v) is 5.40. The summed E-state index contributed by atoms with van der Waals surface area (Å²) in [5.74, 6) is -1.05. The molecular formula is C14H17ClFNO2. The van der Waals surface area contributed by atoms with Crippen LogP contribution in [0.5, 0.6) is 0 Å². The van der Waals surface area contributed by atoms with Crippen LogP contribution in [0.25, 0.3) is 0 Å². The Bertz CT molecular complexity index is 481. The first kappa shape index (κ1) is 14.3. The number of aliphatic hydroxyl groups excluding tert-OH is 1. The molecule has 2 rings (SSSR count). The lowest BCUT2D eigenvalue weighted by molar-refractivity contribution is 0.0265. The van der Waals surface area contributed by atoms with E-state index in [4.69, 9.17) is 11.6 Å². The first-order chi connectivity index (χ1) is 9.00. The third-order valence-electron chi connectivity index (χ3n) is 3.67. The van der Waals surface area contributed by atoms with Crippen LogP contribution >= 0.6 is 11.6 Å². The van der Waals surface area contributed by atoms with Gasteiger partial charge in [0.1, 0.15) is 5.82 Å². The number of hydrogen-bond donors (Lipinski definition) is 1. The van der Waals surface area contributed by atoms with Gasteiger partial charge in [-0.1, -0.05) is 24.4 Å². The van der Waals surface area contributed by atoms with Gasteiger partial charge in [0.15, 0.2) is 0 Å². The number of nitrogens with zero attached hydrogens (tertiary/aromatic N) is 1. The summed E-state index contributed by atoms with van der Waals surface area (Å²) in [5, 5.41) is 10.2. The Kier molecular flexibility index (Phi) is 4.42. The number of halogens is 2. The van der Waals surface area contributed by atoms with Gasteiger partial charge in [-0.3, -0.25) is 4.79 Å². The molecule has 0 spiro atoms. The molecule has 0 radical (unpaired) electrons. The monoisotopic (exact) mass is 285 g/mol. The van der Waals surface area contributed by atoms with Crippen LogP contribution in [0.2, 0.25) is 5.02 Å². The molecule has 3 nitrogen and oxygen atoms in total. The van der Waals surface area contributed by atoms with Crippen molar-refractivity contribution in [2.45, 2.75) is 37.8 Å². The van der Waals surface area contributed by atoms with E-state index in [0.29, 0.717) is 6.42 Å². The fourth-order valence-electron chi connectivity index (χ4n) is 2.55. The number of aliphatic hydroxyl groups is 1. The van der Waals surface area contributed by atoms with Crippen LogP contribution in [0.3, 0.4) is 0 Å². The van der Waals surface area contributed by atoms with E-state index in [0.717, 1.165) is 25.3 Å². The number of rotatable bonds is 2. The number of carbonyl (C=O) groups is 1. The Labute approximate surface area is 117 Å². The summed E-state index contributed by atoms with van der Waals surface area (Å²) in [6, 6.07) is 3.76. The van der Waals surface area contributed by atoms with Crippen molar-refractivity contribution in [1.29, 1.82) is 0 Å². The topological polar surface area (TPSA) is 40.5 Å². The number of likely N-dealkylation sites (N-methyl/N-ethyl adjacent to an activating group) is 1. The Balaban J connectivity index is 2.18. The molecule has 2 atom stereocenters. The van der Waals surface area contributed by atoms with E-state index < -0.39 is 17.8 Å². The fraction of sp³-hybridized carbons (Fsp3) is 0.500. The molecule has 1 fully saturated rings. The van der Waals surface area contributed by atoms with Gasteiger partial charge in [0.05, 0.1) is 17.7 Å². The molecule has 0 aromatic heterocycles. The molecule has 2 unspecified atom stereocenters. The van der Waals surface area contributed by atoms with E-state index >= 15 is 0 Å². The summed E-state index contributed by atoms with van der Waals surface area (Å²) in [6.07, 6.45) is 2.85. The molecule has 1 aromatic rings. The van der Waals surface area contributed by atoms with E-state index in [2.05, 4.69) is 0 Å². The maximum atomic E-state index is 13.7. The number of amides is 1. The third-order valence-corrected chi connectivity index (χ3v) is 3.91. The minimum absolute atomic E-state index is 0.00956. The molecular weight excluding hydrogens is 269 g/mol. The highest BCUT2D eigenvalue weighted by Crippen LogP contribution is 2.24. The van der Waals surface area contributed by atoms with E-state index in [9.17, 15) is 14.3 Å². The third kappa shape index (κ3) is 3.07. The van der Waals surface area contributed by atoms with Crippen LogP contribution in [0.15, 0.2) is 18.2 Å². The van der Waals surface area contributed by atoms with Gasteiger partial charge in [-0.15, -0.1) is 0 Å². The quantitative estimate of drug-likeness (QED) is 0.908. The first-order valence-electron chi connectivity index (χ1n) is 6.41. The minimum atomic E-state index is -0.630. The Morgan fingerprint density at radius 1 is 1.42 bits per heavy atom. The van der Waals surface area contributed by atoms with Crippen LogP contribution in [-0.2, 0) is 0 Å². The van der Waals surface area contributed by atoms with Crippen molar-refractivity contribution in [2.75, 3.05) is 7.05 Å². The maximum absolute atomic E-state index is 13.7. The summed E-state index contributed by atoms with van der Waals surface area (Å²) >= 11 is 5.67. The highest BCUT2D eigenvalue weighted by Gasteiger charge is 2.30. The zero-order valence-electron chi connectivity index (χ0n) is 10.8. The molecule has 104 valence electrons. The molecule has 19 heavy (non-hydrogen) atoms. The molecule has 1 saturated carbocycles. The molecule has 0 aliphatic heterocycles. The number of hydrogen-bond acceptors (Lipinski definition) is 2. The van der Waals surface area contributed by atoms with Gasteiger partial charge < -0.3 is 10.0 Å². The molecule has 0 saturated heterocycles. The van der Waals surface area contributed by atoms with Crippen LogP contribution in [-0.4, -0.2) is 35.1 Å². The molecule has 5 heteroatoms. The first-order valence-corrected chi connectivity index (χ1v) is 6.79. The van der Waals surface area contributed by atoms with Crippen molar-refractivity contribution < 1.29 is 14.3 Å².